The Morgan fingerprint density at radius 2 is 2.33 bits per heavy atom. The molecule has 5 nitrogen and oxygen atoms in total. The molecule has 2 unspecified atom stereocenters. The largest absolute Gasteiger partial charge is 0.364 e. The molecule has 98 valence electrons. The van der Waals surface area contributed by atoms with E-state index in [1.165, 1.54) is 19.3 Å². The van der Waals surface area contributed by atoms with Crippen molar-refractivity contribution in [1.29, 1.82) is 0 Å². The maximum atomic E-state index is 11.0. The van der Waals surface area contributed by atoms with E-state index in [1.807, 2.05) is 0 Å². The lowest BCUT2D eigenvalue weighted by Crippen LogP contribution is -2.17. The molecule has 1 aromatic rings. The second-order valence-corrected chi connectivity index (χ2v) is 5.13. The van der Waals surface area contributed by atoms with Gasteiger partial charge in [-0.1, -0.05) is 19.8 Å². The highest BCUT2D eigenvalue weighted by Gasteiger charge is 2.25. The molecule has 1 heterocycles. The Morgan fingerprint density at radius 3 is 2.94 bits per heavy atom. The average Bonchev–Trinajstić information content (AvgIpc) is 2.71. The lowest BCUT2D eigenvalue weighted by molar-refractivity contribution is -0.384. The third-order valence-electron chi connectivity index (χ3n) is 3.88. The number of nitro groups is 1. The minimum absolute atomic E-state index is 0.100. The lowest BCUT2D eigenvalue weighted by Gasteiger charge is -2.16. The van der Waals surface area contributed by atoms with Crippen LogP contribution in [0.1, 0.15) is 31.7 Å². The van der Waals surface area contributed by atoms with Gasteiger partial charge in [-0.3, -0.25) is 10.1 Å². The fourth-order valence-electron chi connectivity index (χ4n) is 2.66. The summed E-state index contributed by atoms with van der Waals surface area (Å²) >= 11 is 0. The molecule has 1 saturated carbocycles. The van der Waals surface area contributed by atoms with E-state index in [0.29, 0.717) is 23.2 Å². The summed E-state index contributed by atoms with van der Waals surface area (Å²) in [7, 11) is 0. The zero-order valence-corrected chi connectivity index (χ0v) is 10.8. The monoisotopic (exact) mass is 249 g/mol. The van der Waals surface area contributed by atoms with E-state index in [4.69, 9.17) is 0 Å². The molecule has 1 aliphatic carbocycles. The molecular weight excluding hydrogens is 230 g/mol. The molecule has 0 saturated heterocycles. The summed E-state index contributed by atoms with van der Waals surface area (Å²) in [6, 6.07) is 1.67. The number of hydrogen-bond donors (Lipinski definition) is 1. The smallest absolute Gasteiger partial charge is 0.314 e. The molecule has 18 heavy (non-hydrogen) atoms. The highest BCUT2D eigenvalue weighted by molar-refractivity contribution is 5.59. The van der Waals surface area contributed by atoms with Gasteiger partial charge in [0, 0.05) is 18.3 Å². The molecule has 0 spiro atoms. The third kappa shape index (κ3) is 2.60. The van der Waals surface area contributed by atoms with Crippen molar-refractivity contribution in [3.05, 3.63) is 27.9 Å². The fourth-order valence-corrected chi connectivity index (χ4v) is 2.66. The normalized spacial score (nSPS) is 23.0. The van der Waals surface area contributed by atoms with Gasteiger partial charge in [-0.05, 0) is 31.2 Å². The second-order valence-electron chi connectivity index (χ2n) is 5.13. The maximum absolute atomic E-state index is 11.0. The number of anilines is 1. The quantitative estimate of drug-likeness (QED) is 0.657. The zero-order valence-electron chi connectivity index (χ0n) is 10.8. The predicted molar refractivity (Wildman–Crippen MR) is 70.6 cm³/mol. The van der Waals surface area contributed by atoms with Gasteiger partial charge in [0.2, 0.25) is 5.82 Å². The predicted octanol–water partition coefficient (Wildman–Crippen LogP) is 3.15. The van der Waals surface area contributed by atoms with E-state index in [0.717, 1.165) is 6.54 Å². The molecule has 1 aliphatic rings. The van der Waals surface area contributed by atoms with Gasteiger partial charge >= 0.3 is 5.69 Å². The average molecular weight is 249 g/mol. The van der Waals surface area contributed by atoms with E-state index in [2.05, 4.69) is 17.2 Å². The summed E-state index contributed by atoms with van der Waals surface area (Å²) in [5.41, 5.74) is 0.750. The van der Waals surface area contributed by atoms with Gasteiger partial charge in [0.15, 0.2) is 0 Å². The van der Waals surface area contributed by atoms with Crippen LogP contribution >= 0.6 is 0 Å². The third-order valence-corrected chi connectivity index (χ3v) is 3.88. The molecule has 1 aromatic heterocycles. The Morgan fingerprint density at radius 1 is 1.56 bits per heavy atom. The summed E-state index contributed by atoms with van der Waals surface area (Å²) < 4.78 is 0. The molecular formula is C13H19N3O2. The minimum atomic E-state index is -0.358. The second kappa shape index (κ2) is 5.33. The van der Waals surface area contributed by atoms with E-state index in [1.54, 1.807) is 19.2 Å². The van der Waals surface area contributed by atoms with Crippen molar-refractivity contribution in [2.24, 2.45) is 11.8 Å². The van der Waals surface area contributed by atoms with Crippen LogP contribution in [0.4, 0.5) is 11.5 Å². The first kappa shape index (κ1) is 12.8. The summed E-state index contributed by atoms with van der Waals surface area (Å²) in [5.74, 6) is 1.70. The summed E-state index contributed by atoms with van der Waals surface area (Å²) in [6.07, 6.45) is 5.34. The first-order valence-electron chi connectivity index (χ1n) is 6.43. The van der Waals surface area contributed by atoms with Crippen LogP contribution in [0.5, 0.6) is 0 Å². The van der Waals surface area contributed by atoms with Gasteiger partial charge in [-0.25, -0.2) is 4.98 Å². The molecule has 2 atom stereocenters. The molecule has 0 aliphatic heterocycles. The Balaban J connectivity index is 2.09. The number of nitrogens with zero attached hydrogens (tertiary/aromatic N) is 2. The summed E-state index contributed by atoms with van der Waals surface area (Å²) in [6.45, 7) is 4.76. The van der Waals surface area contributed by atoms with Crippen molar-refractivity contribution in [3.63, 3.8) is 0 Å². The highest BCUT2D eigenvalue weighted by Crippen LogP contribution is 2.32. The van der Waals surface area contributed by atoms with Crippen LogP contribution in [0.2, 0.25) is 0 Å². The van der Waals surface area contributed by atoms with Gasteiger partial charge in [-0.2, -0.15) is 0 Å². The van der Waals surface area contributed by atoms with Crippen LogP contribution in [0.25, 0.3) is 0 Å². The van der Waals surface area contributed by atoms with Crippen molar-refractivity contribution in [2.75, 3.05) is 11.9 Å². The number of hydrogen-bond acceptors (Lipinski definition) is 4. The van der Waals surface area contributed by atoms with Crippen molar-refractivity contribution in [3.8, 4) is 0 Å². The van der Waals surface area contributed by atoms with Gasteiger partial charge < -0.3 is 5.32 Å². The van der Waals surface area contributed by atoms with Gasteiger partial charge in [0.1, 0.15) is 0 Å². The molecule has 1 fully saturated rings. The highest BCUT2D eigenvalue weighted by atomic mass is 16.6. The van der Waals surface area contributed by atoms with Crippen LogP contribution in [-0.4, -0.2) is 16.5 Å². The summed E-state index contributed by atoms with van der Waals surface area (Å²) in [4.78, 5) is 14.8. The molecule has 2 rings (SSSR count). The molecule has 0 radical (unpaired) electrons. The Kier molecular flexibility index (Phi) is 3.79. The van der Waals surface area contributed by atoms with Crippen LogP contribution < -0.4 is 5.32 Å². The van der Waals surface area contributed by atoms with Gasteiger partial charge in [-0.15, -0.1) is 0 Å². The van der Waals surface area contributed by atoms with E-state index in [9.17, 15) is 10.1 Å². The zero-order chi connectivity index (χ0) is 13.1. The van der Waals surface area contributed by atoms with Crippen molar-refractivity contribution in [1.82, 2.24) is 4.98 Å². The SMILES string of the molecule is Cc1ccnc(NCC2CCCC2C)c1[N+](=O)[O-]. The first-order chi connectivity index (χ1) is 8.59. The maximum Gasteiger partial charge on any atom is 0.314 e. The fraction of sp³-hybridized carbons (Fsp3) is 0.615. The van der Waals surface area contributed by atoms with Gasteiger partial charge in [0.25, 0.3) is 0 Å². The van der Waals surface area contributed by atoms with E-state index in [-0.39, 0.29) is 10.6 Å². The van der Waals surface area contributed by atoms with Crippen LogP contribution in [0, 0.1) is 28.9 Å². The van der Waals surface area contributed by atoms with E-state index >= 15 is 0 Å². The topological polar surface area (TPSA) is 68.1 Å². The van der Waals surface area contributed by atoms with Crippen LogP contribution in [0.15, 0.2) is 12.3 Å². The molecule has 1 N–H and O–H groups in total. The van der Waals surface area contributed by atoms with Crippen molar-refractivity contribution >= 4 is 11.5 Å². The number of aryl methyl sites for hydroxylation is 1. The number of nitrogens with one attached hydrogen (secondary N) is 1. The van der Waals surface area contributed by atoms with Crippen molar-refractivity contribution < 1.29 is 4.92 Å². The number of pyridine rings is 1. The number of aromatic nitrogens is 1. The standard InChI is InChI=1S/C13H19N3O2/c1-9-4-3-5-11(9)8-15-13-12(16(17)18)10(2)6-7-14-13/h6-7,9,11H,3-5,8H2,1-2H3,(H,14,15). The molecule has 0 amide bonds. The molecule has 5 heteroatoms. The lowest BCUT2D eigenvalue weighted by atomic mass is 9.98. The van der Waals surface area contributed by atoms with Crippen LogP contribution in [-0.2, 0) is 0 Å². The van der Waals surface area contributed by atoms with Crippen molar-refractivity contribution in [2.45, 2.75) is 33.1 Å². The first-order valence-corrected chi connectivity index (χ1v) is 6.43. The Labute approximate surface area is 107 Å². The Bertz CT molecular complexity index is 448. The summed E-state index contributed by atoms with van der Waals surface area (Å²) in [5, 5.41) is 14.2. The minimum Gasteiger partial charge on any atom is -0.364 e. The van der Waals surface area contributed by atoms with Crippen LogP contribution in [0.3, 0.4) is 0 Å². The molecule has 0 bridgehead atoms. The van der Waals surface area contributed by atoms with E-state index < -0.39 is 0 Å². The molecule has 0 aromatic carbocycles. The number of rotatable bonds is 4. The Hall–Kier alpha value is -1.65. The van der Waals surface area contributed by atoms with Gasteiger partial charge in [0.05, 0.1) is 4.92 Å².